The van der Waals surface area contributed by atoms with E-state index in [4.69, 9.17) is 15.0 Å². The maximum absolute atomic E-state index is 4.96. The highest BCUT2D eigenvalue weighted by Crippen LogP contribution is 2.30. The molecule has 1 aromatic heterocycles. The van der Waals surface area contributed by atoms with Crippen LogP contribution in [0.4, 0.5) is 22.7 Å². The second kappa shape index (κ2) is 10.2. The Hall–Kier alpha value is -3.47. The third-order valence-electron chi connectivity index (χ3n) is 6.03. The molecule has 0 aliphatic rings. The van der Waals surface area contributed by atoms with Gasteiger partial charge in [-0.05, 0) is 100 Å². The standard InChI is InChI=1S/C29H37N5/c1-18-14-24(33(7)8)15-19(2)28(18)30-22(5)26-12-11-13-27(32-26)23(6)31-29-20(3)16-25(34(9)10)17-21(29)4/h11-17H,1-10H3/b30-22+,31-23+. The monoisotopic (exact) mass is 455 g/mol. The van der Waals surface area contributed by atoms with Crippen LogP contribution >= 0.6 is 0 Å². The zero-order valence-corrected chi connectivity index (χ0v) is 22.3. The van der Waals surface area contributed by atoms with Crippen LogP contribution in [0.2, 0.25) is 0 Å². The van der Waals surface area contributed by atoms with E-state index in [0.717, 1.165) is 56.4 Å². The second-order valence-corrected chi connectivity index (χ2v) is 9.45. The summed E-state index contributed by atoms with van der Waals surface area (Å²) >= 11 is 0. The highest BCUT2D eigenvalue weighted by molar-refractivity contribution is 6.02. The zero-order valence-electron chi connectivity index (χ0n) is 22.3. The highest BCUT2D eigenvalue weighted by Gasteiger charge is 2.11. The van der Waals surface area contributed by atoms with Gasteiger partial charge < -0.3 is 9.80 Å². The zero-order chi connectivity index (χ0) is 25.2. The molecule has 5 nitrogen and oxygen atoms in total. The van der Waals surface area contributed by atoms with Crippen LogP contribution in [0.15, 0.2) is 52.4 Å². The van der Waals surface area contributed by atoms with Gasteiger partial charge in [0.1, 0.15) is 0 Å². The van der Waals surface area contributed by atoms with Crippen molar-refractivity contribution in [1.29, 1.82) is 0 Å². The smallest absolute Gasteiger partial charge is 0.0849 e. The summed E-state index contributed by atoms with van der Waals surface area (Å²) in [6.07, 6.45) is 0. The molecular formula is C29H37N5. The van der Waals surface area contributed by atoms with Crippen molar-refractivity contribution in [2.75, 3.05) is 38.0 Å². The van der Waals surface area contributed by atoms with Crippen LogP contribution in [0.5, 0.6) is 0 Å². The van der Waals surface area contributed by atoms with Gasteiger partial charge in [-0.15, -0.1) is 0 Å². The minimum atomic E-state index is 0.860. The summed E-state index contributed by atoms with van der Waals surface area (Å²) in [5, 5.41) is 0. The molecular weight excluding hydrogens is 418 g/mol. The van der Waals surface area contributed by atoms with Crippen molar-refractivity contribution in [2.24, 2.45) is 9.98 Å². The molecule has 0 aliphatic heterocycles. The first-order chi connectivity index (χ1) is 16.0. The molecule has 3 aromatic rings. The number of rotatable bonds is 6. The summed E-state index contributed by atoms with van der Waals surface area (Å²) in [5.74, 6) is 0. The van der Waals surface area contributed by atoms with Gasteiger partial charge in [-0.25, -0.2) is 4.98 Å². The molecule has 34 heavy (non-hydrogen) atoms. The van der Waals surface area contributed by atoms with E-state index in [1.807, 2.05) is 32.0 Å². The molecule has 0 aliphatic carbocycles. The molecule has 0 radical (unpaired) electrons. The summed E-state index contributed by atoms with van der Waals surface area (Å²) < 4.78 is 0. The number of hydrogen-bond acceptors (Lipinski definition) is 5. The van der Waals surface area contributed by atoms with Gasteiger partial charge in [-0.3, -0.25) is 9.98 Å². The third-order valence-corrected chi connectivity index (χ3v) is 6.03. The Kier molecular flexibility index (Phi) is 7.55. The lowest BCUT2D eigenvalue weighted by Crippen LogP contribution is -2.09. The van der Waals surface area contributed by atoms with Crippen molar-refractivity contribution >= 4 is 34.2 Å². The van der Waals surface area contributed by atoms with E-state index in [2.05, 4.69) is 90.0 Å². The molecule has 0 bridgehead atoms. The summed E-state index contributed by atoms with van der Waals surface area (Å²) in [5.41, 5.74) is 12.5. The molecule has 0 spiro atoms. The second-order valence-electron chi connectivity index (χ2n) is 9.45. The Morgan fingerprint density at radius 2 is 0.941 bits per heavy atom. The molecule has 3 rings (SSSR count). The minimum absolute atomic E-state index is 0.860. The van der Waals surface area contributed by atoms with Gasteiger partial charge >= 0.3 is 0 Å². The Balaban J connectivity index is 1.97. The van der Waals surface area contributed by atoms with Gasteiger partial charge in [0.15, 0.2) is 0 Å². The fourth-order valence-corrected chi connectivity index (χ4v) is 4.02. The molecule has 0 atom stereocenters. The largest absolute Gasteiger partial charge is 0.378 e. The molecule has 0 saturated carbocycles. The Labute approximate surface area is 204 Å². The van der Waals surface area contributed by atoms with Crippen molar-refractivity contribution in [3.05, 3.63) is 76.1 Å². The molecule has 1 heterocycles. The van der Waals surface area contributed by atoms with Crippen LogP contribution < -0.4 is 9.80 Å². The number of benzene rings is 2. The van der Waals surface area contributed by atoms with E-state index in [0.29, 0.717) is 0 Å². The SMILES string of the molecule is C/C(=N\c1c(C)cc(N(C)C)cc1C)c1cccc(/C(C)=N/c2c(C)cc(N(C)C)cc2C)n1. The van der Waals surface area contributed by atoms with Crippen LogP contribution in [0.1, 0.15) is 47.5 Å². The average molecular weight is 456 g/mol. The Morgan fingerprint density at radius 1 is 0.618 bits per heavy atom. The van der Waals surface area contributed by atoms with Crippen LogP contribution in [-0.4, -0.2) is 44.6 Å². The molecule has 0 unspecified atom stereocenters. The van der Waals surface area contributed by atoms with Gasteiger partial charge in [0.2, 0.25) is 0 Å². The van der Waals surface area contributed by atoms with Crippen molar-refractivity contribution in [1.82, 2.24) is 4.98 Å². The van der Waals surface area contributed by atoms with Crippen molar-refractivity contribution < 1.29 is 0 Å². The molecule has 0 N–H and O–H groups in total. The Morgan fingerprint density at radius 3 is 1.24 bits per heavy atom. The van der Waals surface area contributed by atoms with Crippen molar-refractivity contribution in [3.63, 3.8) is 0 Å². The van der Waals surface area contributed by atoms with Gasteiger partial charge in [-0.1, -0.05) is 6.07 Å². The number of anilines is 2. The number of hydrogen-bond donors (Lipinski definition) is 0. The predicted molar refractivity (Wildman–Crippen MR) is 148 cm³/mol. The first kappa shape index (κ1) is 25.2. The number of pyridine rings is 1. The fraction of sp³-hybridized carbons (Fsp3) is 0.345. The molecule has 178 valence electrons. The van der Waals surface area contributed by atoms with E-state index in [1.54, 1.807) is 0 Å². The van der Waals surface area contributed by atoms with Crippen LogP contribution in [-0.2, 0) is 0 Å². The van der Waals surface area contributed by atoms with E-state index in [-0.39, 0.29) is 0 Å². The molecule has 2 aromatic carbocycles. The first-order valence-electron chi connectivity index (χ1n) is 11.6. The Bertz CT molecular complexity index is 1120. The van der Waals surface area contributed by atoms with E-state index in [9.17, 15) is 0 Å². The van der Waals surface area contributed by atoms with Crippen LogP contribution in [0, 0.1) is 27.7 Å². The number of nitrogens with zero attached hydrogens (tertiary/aromatic N) is 5. The number of aryl methyl sites for hydroxylation is 4. The number of aliphatic imine (C=N–C) groups is 2. The molecule has 0 saturated heterocycles. The molecule has 5 heteroatoms. The van der Waals surface area contributed by atoms with E-state index in [1.165, 1.54) is 11.4 Å². The van der Waals surface area contributed by atoms with Crippen LogP contribution in [0.25, 0.3) is 0 Å². The first-order valence-corrected chi connectivity index (χ1v) is 11.6. The molecule has 0 fully saturated rings. The summed E-state index contributed by atoms with van der Waals surface area (Å²) in [6.45, 7) is 12.5. The predicted octanol–water partition coefficient (Wildman–Crippen LogP) is 6.73. The fourth-order valence-electron chi connectivity index (χ4n) is 4.02. The summed E-state index contributed by atoms with van der Waals surface area (Å²) in [7, 11) is 8.23. The van der Waals surface area contributed by atoms with Crippen molar-refractivity contribution in [3.8, 4) is 0 Å². The lowest BCUT2D eigenvalue weighted by Gasteiger charge is -2.16. The maximum Gasteiger partial charge on any atom is 0.0849 e. The quantitative estimate of drug-likeness (QED) is 0.387. The summed E-state index contributed by atoms with van der Waals surface area (Å²) in [4.78, 5) is 19.0. The van der Waals surface area contributed by atoms with Crippen molar-refractivity contribution in [2.45, 2.75) is 41.5 Å². The maximum atomic E-state index is 4.96. The van der Waals surface area contributed by atoms with Gasteiger partial charge in [0.05, 0.1) is 34.2 Å². The lowest BCUT2D eigenvalue weighted by molar-refractivity contribution is 1.12. The van der Waals surface area contributed by atoms with E-state index >= 15 is 0 Å². The number of aromatic nitrogens is 1. The topological polar surface area (TPSA) is 44.1 Å². The third kappa shape index (κ3) is 5.53. The lowest BCUT2D eigenvalue weighted by atomic mass is 10.1. The van der Waals surface area contributed by atoms with E-state index < -0.39 is 0 Å². The van der Waals surface area contributed by atoms with Crippen LogP contribution in [0.3, 0.4) is 0 Å². The van der Waals surface area contributed by atoms with Gasteiger partial charge in [-0.2, -0.15) is 0 Å². The highest BCUT2D eigenvalue weighted by atomic mass is 15.1. The van der Waals surface area contributed by atoms with Gasteiger partial charge in [0, 0.05) is 39.6 Å². The molecule has 0 amide bonds. The minimum Gasteiger partial charge on any atom is -0.378 e. The van der Waals surface area contributed by atoms with Gasteiger partial charge in [0.25, 0.3) is 0 Å². The average Bonchev–Trinajstić information content (AvgIpc) is 2.78. The normalized spacial score (nSPS) is 12.2. The summed E-state index contributed by atoms with van der Waals surface area (Å²) in [6, 6.07) is 14.7.